The Morgan fingerprint density at radius 2 is 2.07 bits per heavy atom. The number of hydrogen-bond donors (Lipinski definition) is 2. The molecule has 0 saturated heterocycles. The Kier molecular flexibility index (Phi) is 6.89. The Morgan fingerprint density at radius 1 is 1.33 bits per heavy atom. The zero-order chi connectivity index (χ0) is 20.0. The zero-order valence-electron chi connectivity index (χ0n) is 15.2. The number of nitrogens with zero attached hydrogens (tertiary/aromatic N) is 2. The van der Waals surface area contributed by atoms with E-state index in [-0.39, 0.29) is 34.8 Å². The summed E-state index contributed by atoms with van der Waals surface area (Å²) in [6, 6.07) is 6.69. The topological polar surface area (TPSA) is 124 Å². The van der Waals surface area contributed by atoms with Crippen LogP contribution in [0.25, 0.3) is 0 Å². The van der Waals surface area contributed by atoms with Gasteiger partial charge < -0.3 is 15.8 Å². The molecule has 8 nitrogen and oxygen atoms in total. The maximum absolute atomic E-state index is 12.4. The van der Waals surface area contributed by atoms with Crippen LogP contribution in [0.1, 0.15) is 41.5 Å². The van der Waals surface area contributed by atoms with E-state index in [1.54, 1.807) is 38.1 Å². The van der Waals surface area contributed by atoms with Gasteiger partial charge in [0.25, 0.3) is 0 Å². The second-order valence-corrected chi connectivity index (χ2v) is 6.87. The summed E-state index contributed by atoms with van der Waals surface area (Å²) in [4.78, 5) is 43.6. The van der Waals surface area contributed by atoms with Crippen molar-refractivity contribution in [1.29, 1.82) is 0 Å². The van der Waals surface area contributed by atoms with Gasteiger partial charge in [-0.25, -0.2) is 14.8 Å². The summed E-state index contributed by atoms with van der Waals surface area (Å²) in [6.45, 7) is 5.05. The lowest BCUT2D eigenvalue weighted by atomic mass is 10.1. The standard InChI is InChI=1S/C18H20N4O4S/c1-4-26-17(25)14-9-20-18(22-15(14)19)27-11(3)16(24)21-13-7-5-6-12(8-13)10(2)23/h5-9,11H,4H2,1-3H3,(H,21,24)(H2,19,20,22)/t11-/m1/s1. The lowest BCUT2D eigenvalue weighted by Gasteiger charge is -2.12. The molecule has 2 rings (SSSR count). The highest BCUT2D eigenvalue weighted by molar-refractivity contribution is 8.00. The minimum absolute atomic E-state index is 0.00674. The molecular weight excluding hydrogens is 368 g/mol. The lowest BCUT2D eigenvalue weighted by Crippen LogP contribution is -2.23. The van der Waals surface area contributed by atoms with Gasteiger partial charge in [0.05, 0.1) is 11.9 Å². The van der Waals surface area contributed by atoms with Crippen molar-refractivity contribution in [2.75, 3.05) is 17.7 Å². The maximum atomic E-state index is 12.4. The van der Waals surface area contributed by atoms with Gasteiger partial charge in [-0.1, -0.05) is 23.9 Å². The molecule has 0 fully saturated rings. The largest absolute Gasteiger partial charge is 0.462 e. The van der Waals surface area contributed by atoms with Crippen LogP contribution in [-0.4, -0.2) is 39.5 Å². The van der Waals surface area contributed by atoms with Crippen LogP contribution in [0, 0.1) is 0 Å². The molecule has 3 N–H and O–H groups in total. The number of thioether (sulfide) groups is 1. The number of nitrogens with two attached hydrogens (primary N) is 1. The third-order valence-corrected chi connectivity index (χ3v) is 4.45. The van der Waals surface area contributed by atoms with E-state index in [0.717, 1.165) is 11.8 Å². The van der Waals surface area contributed by atoms with Gasteiger partial charge in [0.15, 0.2) is 10.9 Å². The van der Waals surface area contributed by atoms with Crippen LogP contribution in [0.15, 0.2) is 35.6 Å². The first-order chi connectivity index (χ1) is 12.8. The third-order valence-electron chi connectivity index (χ3n) is 3.48. The van der Waals surface area contributed by atoms with E-state index in [9.17, 15) is 14.4 Å². The van der Waals surface area contributed by atoms with Crippen molar-refractivity contribution in [2.45, 2.75) is 31.2 Å². The van der Waals surface area contributed by atoms with Crippen LogP contribution < -0.4 is 11.1 Å². The van der Waals surface area contributed by atoms with E-state index < -0.39 is 11.2 Å². The Bertz CT molecular complexity index is 872. The lowest BCUT2D eigenvalue weighted by molar-refractivity contribution is -0.115. The van der Waals surface area contributed by atoms with Crippen LogP contribution in [0.4, 0.5) is 11.5 Å². The minimum Gasteiger partial charge on any atom is -0.462 e. The van der Waals surface area contributed by atoms with E-state index in [1.165, 1.54) is 13.1 Å². The summed E-state index contributed by atoms with van der Waals surface area (Å²) in [7, 11) is 0. The molecule has 0 radical (unpaired) electrons. The fourth-order valence-corrected chi connectivity index (χ4v) is 2.82. The third kappa shape index (κ3) is 5.52. The van der Waals surface area contributed by atoms with E-state index in [2.05, 4.69) is 15.3 Å². The summed E-state index contributed by atoms with van der Waals surface area (Å²) >= 11 is 1.10. The number of nitrogen functional groups attached to an aromatic ring is 1. The number of Topliss-reactive ketones (excluding diaryl/α,β-unsaturated/α-hetero) is 1. The van der Waals surface area contributed by atoms with Crippen LogP contribution in [0.3, 0.4) is 0 Å². The van der Waals surface area contributed by atoms with Gasteiger partial charge in [-0.05, 0) is 32.9 Å². The summed E-state index contributed by atoms with van der Waals surface area (Å²) < 4.78 is 4.87. The number of carbonyl (C=O) groups is 3. The molecule has 1 heterocycles. The number of benzene rings is 1. The summed E-state index contributed by atoms with van der Waals surface area (Å²) in [5.41, 5.74) is 6.90. The number of amides is 1. The Balaban J connectivity index is 2.04. The van der Waals surface area contributed by atoms with Crippen molar-refractivity contribution in [3.05, 3.63) is 41.6 Å². The van der Waals surface area contributed by atoms with Gasteiger partial charge in [-0.3, -0.25) is 9.59 Å². The predicted octanol–water partition coefficient (Wildman–Crippen LogP) is 2.56. The number of anilines is 2. The molecule has 0 aliphatic carbocycles. The van der Waals surface area contributed by atoms with E-state index in [1.807, 2.05) is 0 Å². The van der Waals surface area contributed by atoms with Crippen molar-refractivity contribution < 1.29 is 19.1 Å². The number of hydrogen-bond acceptors (Lipinski definition) is 8. The number of nitrogens with one attached hydrogen (secondary N) is 1. The van der Waals surface area contributed by atoms with Crippen molar-refractivity contribution >= 4 is 40.9 Å². The Morgan fingerprint density at radius 3 is 2.70 bits per heavy atom. The number of rotatable bonds is 7. The predicted molar refractivity (Wildman–Crippen MR) is 103 cm³/mol. The number of aromatic nitrogens is 2. The fraction of sp³-hybridized carbons (Fsp3) is 0.278. The molecule has 0 aliphatic rings. The average molecular weight is 388 g/mol. The molecule has 1 atom stereocenters. The van der Waals surface area contributed by atoms with Gasteiger partial charge in [-0.2, -0.15) is 0 Å². The summed E-state index contributed by atoms with van der Waals surface area (Å²) in [5.74, 6) is -0.966. The van der Waals surface area contributed by atoms with Gasteiger partial charge >= 0.3 is 5.97 Å². The summed E-state index contributed by atoms with van der Waals surface area (Å²) in [6.07, 6.45) is 1.28. The van der Waals surface area contributed by atoms with E-state index in [4.69, 9.17) is 10.5 Å². The molecule has 2 aromatic rings. The smallest absolute Gasteiger partial charge is 0.343 e. The highest BCUT2D eigenvalue weighted by Gasteiger charge is 2.19. The average Bonchev–Trinajstić information content (AvgIpc) is 2.62. The number of esters is 1. The number of carbonyl (C=O) groups excluding carboxylic acids is 3. The second-order valence-electron chi connectivity index (χ2n) is 5.56. The number of ether oxygens (including phenoxy) is 1. The zero-order valence-corrected chi connectivity index (χ0v) is 16.0. The molecule has 1 aromatic heterocycles. The molecule has 0 saturated carbocycles. The SMILES string of the molecule is CCOC(=O)c1cnc(S[C@H](C)C(=O)Nc2cccc(C(C)=O)c2)nc1N. The van der Waals surface area contributed by atoms with Crippen LogP contribution in [0.2, 0.25) is 0 Å². The normalized spacial score (nSPS) is 11.5. The molecule has 0 aliphatic heterocycles. The summed E-state index contributed by atoms with van der Waals surface area (Å²) in [5, 5.41) is 2.48. The minimum atomic E-state index is -0.595. The Labute approximate surface area is 160 Å². The molecule has 142 valence electrons. The maximum Gasteiger partial charge on any atom is 0.343 e. The highest BCUT2D eigenvalue weighted by atomic mass is 32.2. The van der Waals surface area contributed by atoms with Gasteiger partial charge in [0.1, 0.15) is 11.4 Å². The van der Waals surface area contributed by atoms with Crippen molar-refractivity contribution in [2.24, 2.45) is 0 Å². The molecule has 1 amide bonds. The Hall–Kier alpha value is -2.94. The molecular formula is C18H20N4O4S. The molecule has 27 heavy (non-hydrogen) atoms. The second kappa shape index (κ2) is 9.13. The monoisotopic (exact) mass is 388 g/mol. The van der Waals surface area contributed by atoms with E-state index in [0.29, 0.717) is 11.3 Å². The van der Waals surface area contributed by atoms with Crippen LogP contribution in [-0.2, 0) is 9.53 Å². The van der Waals surface area contributed by atoms with Gasteiger partial charge in [-0.15, -0.1) is 0 Å². The molecule has 0 unspecified atom stereocenters. The van der Waals surface area contributed by atoms with E-state index >= 15 is 0 Å². The first kappa shape index (κ1) is 20.4. The van der Waals surface area contributed by atoms with Crippen molar-refractivity contribution in [3.63, 3.8) is 0 Å². The molecule has 9 heteroatoms. The van der Waals surface area contributed by atoms with Gasteiger partial charge in [0.2, 0.25) is 5.91 Å². The first-order valence-corrected chi connectivity index (χ1v) is 9.08. The van der Waals surface area contributed by atoms with Crippen LogP contribution >= 0.6 is 11.8 Å². The quantitative estimate of drug-likeness (QED) is 0.321. The number of ketones is 1. The molecule has 0 spiro atoms. The first-order valence-electron chi connectivity index (χ1n) is 8.20. The molecule has 0 bridgehead atoms. The van der Waals surface area contributed by atoms with Crippen molar-refractivity contribution in [1.82, 2.24) is 9.97 Å². The van der Waals surface area contributed by atoms with Crippen molar-refractivity contribution in [3.8, 4) is 0 Å². The molecule has 1 aromatic carbocycles. The van der Waals surface area contributed by atoms with Crippen LogP contribution in [0.5, 0.6) is 0 Å². The van der Waals surface area contributed by atoms with Gasteiger partial charge in [0, 0.05) is 17.4 Å². The highest BCUT2D eigenvalue weighted by Crippen LogP contribution is 2.23. The fourth-order valence-electron chi connectivity index (χ4n) is 2.07.